The zero-order valence-electron chi connectivity index (χ0n) is 23.7. The standard InChI is InChI=1S/C31H37N7O5/c32-30(33)35-16-8-15-25(28(41)36-19-26(39)40)38(20-22-10-7-9-21(17-22)18-37-31(34)43)29(42)27(23-11-3-1-4-12-23)24-13-5-2-6-14-24/h1-7,9-14,17,25,27H,8,15-16,18-20H2,(H,36,41)(H,39,40)(H4,32,33,35)(H3,34,37,43)/t25-/m1/s1. The third-order valence-corrected chi connectivity index (χ3v) is 6.63. The molecule has 0 heterocycles. The largest absolute Gasteiger partial charge is 0.480 e. The molecule has 3 rings (SSSR count). The van der Waals surface area contributed by atoms with Gasteiger partial charge in [0, 0.05) is 19.6 Å². The van der Waals surface area contributed by atoms with Crippen LogP contribution in [0, 0.1) is 0 Å². The number of guanidine groups is 1. The van der Waals surface area contributed by atoms with Crippen molar-refractivity contribution in [2.75, 3.05) is 13.1 Å². The first-order valence-corrected chi connectivity index (χ1v) is 13.7. The molecule has 3 aromatic rings. The van der Waals surface area contributed by atoms with Crippen molar-refractivity contribution in [1.29, 1.82) is 0 Å². The van der Waals surface area contributed by atoms with Crippen LogP contribution in [0.4, 0.5) is 4.79 Å². The maximum Gasteiger partial charge on any atom is 0.322 e. The molecule has 12 heteroatoms. The second-order valence-corrected chi connectivity index (χ2v) is 9.83. The number of urea groups is 1. The van der Waals surface area contributed by atoms with Gasteiger partial charge in [0.1, 0.15) is 12.6 Å². The van der Waals surface area contributed by atoms with Crippen LogP contribution in [0.3, 0.4) is 0 Å². The van der Waals surface area contributed by atoms with E-state index in [-0.39, 0.29) is 37.9 Å². The van der Waals surface area contributed by atoms with Gasteiger partial charge >= 0.3 is 12.0 Å². The monoisotopic (exact) mass is 587 g/mol. The maximum atomic E-state index is 14.7. The van der Waals surface area contributed by atoms with E-state index in [1.807, 2.05) is 66.7 Å². The SMILES string of the molecule is NC(=O)NCc1cccc(CN(C(=O)C(c2ccccc2)c2ccccc2)[C@H](CCCN=C(N)N)C(=O)NCC(=O)O)c1. The van der Waals surface area contributed by atoms with Gasteiger partial charge in [0.05, 0.1) is 5.92 Å². The average Bonchev–Trinajstić information content (AvgIpc) is 2.99. The molecule has 3 aromatic carbocycles. The quantitative estimate of drug-likeness (QED) is 0.0879. The van der Waals surface area contributed by atoms with Crippen LogP contribution in [0.15, 0.2) is 89.9 Å². The summed E-state index contributed by atoms with van der Waals surface area (Å²) in [4.78, 5) is 56.2. The zero-order chi connectivity index (χ0) is 31.2. The van der Waals surface area contributed by atoms with Crippen molar-refractivity contribution in [1.82, 2.24) is 15.5 Å². The van der Waals surface area contributed by atoms with Gasteiger partial charge in [-0.05, 0) is 35.1 Å². The summed E-state index contributed by atoms with van der Waals surface area (Å²) in [5, 5.41) is 14.2. The summed E-state index contributed by atoms with van der Waals surface area (Å²) in [6.45, 7) is -0.204. The van der Waals surface area contributed by atoms with Gasteiger partial charge in [-0.3, -0.25) is 19.4 Å². The van der Waals surface area contributed by atoms with Crippen molar-refractivity contribution in [2.24, 2.45) is 22.2 Å². The lowest BCUT2D eigenvalue weighted by Crippen LogP contribution is -2.51. The molecular formula is C31H37N7O5. The topological polar surface area (TPSA) is 206 Å². The third-order valence-electron chi connectivity index (χ3n) is 6.63. The van der Waals surface area contributed by atoms with E-state index in [0.717, 1.165) is 16.7 Å². The van der Waals surface area contributed by atoms with Gasteiger partial charge in [0.15, 0.2) is 5.96 Å². The second-order valence-electron chi connectivity index (χ2n) is 9.83. The van der Waals surface area contributed by atoms with Crippen molar-refractivity contribution in [2.45, 2.75) is 37.9 Å². The van der Waals surface area contributed by atoms with Gasteiger partial charge in [-0.2, -0.15) is 0 Å². The summed E-state index contributed by atoms with van der Waals surface area (Å²) in [5.74, 6) is -3.04. The molecule has 0 fully saturated rings. The fourth-order valence-corrected chi connectivity index (χ4v) is 4.70. The van der Waals surface area contributed by atoms with E-state index in [1.54, 1.807) is 18.2 Å². The highest BCUT2D eigenvalue weighted by atomic mass is 16.4. The number of carboxylic acid groups (broad SMARTS) is 1. The first kappa shape index (κ1) is 32.1. The lowest BCUT2D eigenvalue weighted by atomic mass is 9.89. The van der Waals surface area contributed by atoms with E-state index >= 15 is 0 Å². The Kier molecular flexibility index (Phi) is 12.1. The fourth-order valence-electron chi connectivity index (χ4n) is 4.70. The van der Waals surface area contributed by atoms with Gasteiger partial charge in [0.2, 0.25) is 11.8 Å². The Morgan fingerprint density at radius 3 is 1.98 bits per heavy atom. The average molecular weight is 588 g/mol. The van der Waals surface area contributed by atoms with Crippen LogP contribution in [-0.2, 0) is 27.5 Å². The molecule has 0 saturated heterocycles. The molecule has 1 atom stereocenters. The van der Waals surface area contributed by atoms with Gasteiger partial charge in [-0.15, -0.1) is 0 Å². The summed E-state index contributed by atoms with van der Waals surface area (Å²) in [6, 6.07) is 23.9. The van der Waals surface area contributed by atoms with Crippen LogP contribution in [0.2, 0.25) is 0 Å². The van der Waals surface area contributed by atoms with E-state index in [0.29, 0.717) is 12.0 Å². The molecule has 0 aromatic heterocycles. The van der Waals surface area contributed by atoms with Crippen molar-refractivity contribution >= 4 is 29.8 Å². The van der Waals surface area contributed by atoms with Crippen LogP contribution >= 0.6 is 0 Å². The van der Waals surface area contributed by atoms with Crippen molar-refractivity contribution < 1.29 is 24.3 Å². The van der Waals surface area contributed by atoms with Crippen LogP contribution in [0.1, 0.15) is 41.0 Å². The summed E-state index contributed by atoms with van der Waals surface area (Å²) in [5.41, 5.74) is 19.1. The van der Waals surface area contributed by atoms with Crippen molar-refractivity contribution in [3.63, 3.8) is 0 Å². The molecular weight excluding hydrogens is 550 g/mol. The highest BCUT2D eigenvalue weighted by Gasteiger charge is 2.35. The third kappa shape index (κ3) is 10.2. The summed E-state index contributed by atoms with van der Waals surface area (Å²) < 4.78 is 0. The molecule has 0 spiro atoms. The van der Waals surface area contributed by atoms with Crippen molar-refractivity contribution in [3.05, 3.63) is 107 Å². The Hall–Kier alpha value is -5.39. The molecule has 0 unspecified atom stereocenters. The highest BCUT2D eigenvalue weighted by Crippen LogP contribution is 2.29. The second kappa shape index (κ2) is 16.2. The number of nitrogens with one attached hydrogen (secondary N) is 2. The number of carboxylic acids is 1. The van der Waals surface area contributed by atoms with E-state index in [9.17, 15) is 24.3 Å². The Morgan fingerprint density at radius 1 is 0.814 bits per heavy atom. The van der Waals surface area contributed by atoms with E-state index in [1.165, 1.54) is 4.90 Å². The number of aliphatic imine (C=N–C) groups is 1. The molecule has 226 valence electrons. The number of rotatable bonds is 15. The lowest BCUT2D eigenvalue weighted by molar-refractivity contribution is -0.143. The number of hydrogen-bond acceptors (Lipinski definition) is 5. The molecule has 43 heavy (non-hydrogen) atoms. The normalized spacial score (nSPS) is 11.3. The molecule has 9 N–H and O–H groups in total. The first-order valence-electron chi connectivity index (χ1n) is 13.7. The Bertz CT molecular complexity index is 1370. The fraction of sp³-hybridized carbons (Fsp3) is 0.258. The Balaban J connectivity index is 2.09. The zero-order valence-corrected chi connectivity index (χ0v) is 23.7. The van der Waals surface area contributed by atoms with E-state index in [4.69, 9.17) is 17.2 Å². The first-order chi connectivity index (χ1) is 20.7. The van der Waals surface area contributed by atoms with Crippen LogP contribution in [0.5, 0.6) is 0 Å². The van der Waals surface area contributed by atoms with Crippen LogP contribution in [-0.4, -0.2) is 58.9 Å². The minimum Gasteiger partial charge on any atom is -0.480 e. The summed E-state index contributed by atoms with van der Waals surface area (Å²) in [7, 11) is 0. The van der Waals surface area contributed by atoms with Gasteiger partial charge in [0.25, 0.3) is 0 Å². The van der Waals surface area contributed by atoms with Crippen molar-refractivity contribution in [3.8, 4) is 0 Å². The lowest BCUT2D eigenvalue weighted by Gasteiger charge is -2.34. The Morgan fingerprint density at radius 2 is 1.42 bits per heavy atom. The number of amides is 4. The molecule has 0 aliphatic carbocycles. The molecule has 12 nitrogen and oxygen atoms in total. The number of carbonyl (C=O) groups is 4. The number of primary amides is 1. The minimum atomic E-state index is -1.22. The summed E-state index contributed by atoms with van der Waals surface area (Å²) in [6.07, 6.45) is 0.504. The number of nitrogens with two attached hydrogens (primary N) is 3. The maximum absolute atomic E-state index is 14.7. The number of benzene rings is 3. The number of nitrogens with zero attached hydrogens (tertiary/aromatic N) is 2. The molecule has 0 radical (unpaired) electrons. The van der Waals surface area contributed by atoms with E-state index < -0.39 is 36.4 Å². The van der Waals surface area contributed by atoms with E-state index in [2.05, 4.69) is 15.6 Å². The molecule has 4 amide bonds. The van der Waals surface area contributed by atoms with Crippen LogP contribution in [0.25, 0.3) is 0 Å². The van der Waals surface area contributed by atoms with Gasteiger partial charge < -0.3 is 37.8 Å². The Labute approximate surface area is 250 Å². The number of hydrogen-bond donors (Lipinski definition) is 6. The van der Waals surface area contributed by atoms with Gasteiger partial charge in [-0.1, -0.05) is 84.9 Å². The molecule has 0 saturated carbocycles. The predicted octanol–water partition coefficient (Wildman–Crippen LogP) is 1.64. The molecule has 0 aliphatic rings. The summed E-state index contributed by atoms with van der Waals surface area (Å²) >= 11 is 0. The highest BCUT2D eigenvalue weighted by molar-refractivity contribution is 5.93. The van der Waals surface area contributed by atoms with Crippen LogP contribution < -0.4 is 27.8 Å². The smallest absolute Gasteiger partial charge is 0.322 e. The number of carbonyl (C=O) groups excluding carboxylic acids is 3. The molecule has 0 aliphatic heterocycles. The minimum absolute atomic E-state index is 0.0207. The van der Waals surface area contributed by atoms with Gasteiger partial charge in [-0.25, -0.2) is 4.79 Å². The predicted molar refractivity (Wildman–Crippen MR) is 162 cm³/mol. The number of aliphatic carboxylic acids is 1. The molecule has 0 bridgehead atoms.